The zero-order chi connectivity index (χ0) is 7.70. The van der Waals surface area contributed by atoms with E-state index in [2.05, 4.69) is 27.2 Å². The molecule has 0 spiro atoms. The van der Waals surface area contributed by atoms with Crippen LogP contribution in [0.2, 0.25) is 0 Å². The first-order chi connectivity index (χ1) is 4.22. The van der Waals surface area contributed by atoms with Crippen LogP contribution in [0.15, 0.2) is 0 Å². The summed E-state index contributed by atoms with van der Waals surface area (Å²) in [5.74, 6) is 0. The Hall–Kier alpha value is 2.09. The Morgan fingerprint density at radius 1 is 1.13 bits per heavy atom. The third-order valence-corrected chi connectivity index (χ3v) is 2.50. The van der Waals surface area contributed by atoms with Crippen molar-refractivity contribution in [2.45, 2.75) is 40.8 Å². The van der Waals surface area contributed by atoms with Crippen molar-refractivity contribution < 1.29 is 37.1 Å². The molecule has 0 aliphatic rings. The molecule has 0 aliphatic carbocycles. The maximum absolute atomic E-state index is 3.51. The molecule has 3 atom stereocenters. The van der Waals surface area contributed by atoms with E-state index < -0.39 is 0 Å². The van der Waals surface area contributed by atoms with Crippen LogP contribution in [0.4, 0.5) is 0 Å². The van der Waals surface area contributed by atoms with E-state index in [-0.39, 0.29) is 67.8 Å². The number of hydrogen-bond acceptors (Lipinski definition) is 0. The van der Waals surface area contributed by atoms with Gasteiger partial charge in [-0.15, -0.1) is 8.58 Å². The summed E-state index contributed by atoms with van der Waals surface area (Å²) in [4.78, 5) is 0. The standard InChI is InChI=1S/C5H13P.C2H6P.2CH4.CH3.B.2V/c1-4-5(2)6-3;1-3-2;;;;;;/h5-6H,4H2,1-3H3;3H,1H2,2H3;2*1H4;1H3;;;/q;-1;;;-1;;;. The smallest absolute Gasteiger partial charge is 0 e. The molecule has 0 aromatic rings. The Kier molecular flexibility index (Phi) is 200. The second-order valence-electron chi connectivity index (χ2n) is 1.95. The molecule has 0 aliphatic heterocycles. The zero-order valence-corrected chi connectivity index (χ0v) is 14.3. The van der Waals surface area contributed by atoms with Gasteiger partial charge in [-0.25, -0.2) is 0 Å². The zero-order valence-electron chi connectivity index (χ0n) is 9.46. The van der Waals surface area contributed by atoms with E-state index in [1.807, 2.05) is 6.66 Å². The van der Waals surface area contributed by atoms with Gasteiger partial charge in [0.25, 0.3) is 0 Å². The summed E-state index contributed by atoms with van der Waals surface area (Å²) in [5.41, 5.74) is 0.963. The van der Waals surface area contributed by atoms with Crippen molar-refractivity contribution in [3.63, 3.8) is 0 Å². The molecule has 0 aromatic carbocycles. The Balaban J connectivity index is -0.00000000843. The Morgan fingerprint density at radius 2 is 1.33 bits per heavy atom. The summed E-state index contributed by atoms with van der Waals surface area (Å²) in [5, 5.41) is 0. The summed E-state index contributed by atoms with van der Waals surface area (Å²) in [6.45, 7) is 12.3. The first-order valence-electron chi connectivity index (χ1n) is 3.33. The molecule has 0 bridgehead atoms. The van der Waals surface area contributed by atoms with E-state index in [0.29, 0.717) is 0 Å². The summed E-state index contributed by atoms with van der Waals surface area (Å²) < 4.78 is 0. The van der Waals surface area contributed by atoms with Crippen LogP contribution in [0.5, 0.6) is 0 Å². The van der Waals surface area contributed by atoms with E-state index in [0.717, 1.165) is 22.8 Å². The van der Waals surface area contributed by atoms with Crippen LogP contribution in [0.1, 0.15) is 35.1 Å². The van der Waals surface area contributed by atoms with Crippen LogP contribution >= 0.6 is 17.2 Å². The molecule has 0 fully saturated rings. The van der Waals surface area contributed by atoms with Crippen molar-refractivity contribution in [3.8, 4) is 0 Å². The van der Waals surface area contributed by atoms with Crippen LogP contribution in [-0.2, 0) is 37.1 Å². The number of rotatable bonds is 2. The van der Waals surface area contributed by atoms with Crippen molar-refractivity contribution in [2.75, 3.05) is 13.3 Å². The van der Waals surface area contributed by atoms with Gasteiger partial charge in [-0.1, -0.05) is 35.4 Å². The molecule has 0 heterocycles. The van der Waals surface area contributed by atoms with Crippen LogP contribution < -0.4 is 0 Å². The van der Waals surface area contributed by atoms with Gasteiger partial charge in [-0.3, -0.25) is 8.58 Å². The van der Waals surface area contributed by atoms with Gasteiger partial charge in [-0.2, -0.15) is 0 Å². The fraction of sp³-hybridized carbons (Fsp3) is 0.800. The first-order valence-corrected chi connectivity index (χ1v) is 6.62. The van der Waals surface area contributed by atoms with Crippen LogP contribution in [0.3, 0.4) is 0 Å². The third-order valence-electron chi connectivity index (χ3n) is 1.11. The van der Waals surface area contributed by atoms with E-state index in [4.69, 9.17) is 0 Å². The second-order valence-corrected chi connectivity index (χ2v) is 4.22. The van der Waals surface area contributed by atoms with E-state index in [1.54, 1.807) is 0 Å². The summed E-state index contributed by atoms with van der Waals surface area (Å²) in [6.07, 6.45) is 1.34. The molecule has 5 heteroatoms. The summed E-state index contributed by atoms with van der Waals surface area (Å²) in [6, 6.07) is 0. The van der Waals surface area contributed by atoms with Crippen molar-refractivity contribution in [3.05, 3.63) is 14.1 Å². The van der Waals surface area contributed by atoms with E-state index >= 15 is 0 Å². The SMILES string of the molecule is C.C.CCC(C)PC.[B].[CH2-]PC.[CH3-].[V].[V]. The predicted octanol–water partition coefficient (Wildman–Crippen LogP) is 4.52. The third kappa shape index (κ3) is 86.1. The molecule has 0 saturated heterocycles. The quantitative estimate of drug-likeness (QED) is 0.398. The molecule has 95 valence electrons. The largest absolute Gasteiger partial charge is 0.358 e. The number of hydrogen-bond donors (Lipinski definition) is 0. The first kappa shape index (κ1) is 53.5. The average Bonchev–Trinajstić information content (AvgIpc) is 1.88. The second kappa shape index (κ2) is 56.0. The van der Waals surface area contributed by atoms with Gasteiger partial charge in [0.2, 0.25) is 0 Å². The van der Waals surface area contributed by atoms with Gasteiger partial charge in [0.15, 0.2) is 0 Å². The fourth-order valence-electron chi connectivity index (χ4n) is 0.204. The molecule has 0 nitrogen and oxygen atoms in total. The van der Waals surface area contributed by atoms with Gasteiger partial charge < -0.3 is 14.1 Å². The molecule has 0 rings (SSSR count). The normalized spacial score (nSPS) is 8.60. The van der Waals surface area contributed by atoms with E-state index in [1.165, 1.54) is 6.42 Å². The molecule has 0 amide bonds. The molecular formula is C10H30BP2V2-2. The van der Waals surface area contributed by atoms with Crippen molar-refractivity contribution in [1.29, 1.82) is 0 Å². The minimum atomic E-state index is 0. The van der Waals surface area contributed by atoms with Gasteiger partial charge in [0, 0.05) is 45.5 Å². The molecular weight excluding hydrogens is 295 g/mol. The minimum Gasteiger partial charge on any atom is -0.358 e. The van der Waals surface area contributed by atoms with Gasteiger partial charge >= 0.3 is 0 Å². The van der Waals surface area contributed by atoms with Gasteiger partial charge in [-0.05, 0) is 18.7 Å². The topological polar surface area (TPSA) is 0 Å². The van der Waals surface area contributed by atoms with Gasteiger partial charge in [0.1, 0.15) is 0 Å². The molecule has 0 aromatic heterocycles. The Bertz CT molecular complexity index is 48.4. The molecule has 15 heavy (non-hydrogen) atoms. The Labute approximate surface area is 130 Å². The van der Waals surface area contributed by atoms with Crippen molar-refractivity contribution >= 4 is 25.6 Å². The molecule has 5 radical (unpaired) electrons. The molecule has 0 saturated carbocycles. The van der Waals surface area contributed by atoms with Gasteiger partial charge in [0.05, 0.1) is 0 Å². The maximum atomic E-state index is 3.51. The monoisotopic (exact) mass is 325 g/mol. The summed E-state index contributed by atoms with van der Waals surface area (Å²) in [7, 11) is 1.96. The summed E-state index contributed by atoms with van der Waals surface area (Å²) >= 11 is 0. The maximum Gasteiger partial charge on any atom is 0 e. The van der Waals surface area contributed by atoms with Crippen molar-refractivity contribution in [2.24, 2.45) is 0 Å². The average molecular weight is 325 g/mol. The van der Waals surface area contributed by atoms with Crippen LogP contribution in [-0.4, -0.2) is 27.4 Å². The predicted molar refractivity (Wildman–Crippen MR) is 79.2 cm³/mol. The van der Waals surface area contributed by atoms with E-state index in [9.17, 15) is 0 Å². The van der Waals surface area contributed by atoms with Crippen LogP contribution in [0, 0.1) is 14.1 Å². The Morgan fingerprint density at radius 3 is 1.33 bits per heavy atom. The minimum absolute atomic E-state index is 0. The van der Waals surface area contributed by atoms with Crippen molar-refractivity contribution in [1.82, 2.24) is 0 Å². The van der Waals surface area contributed by atoms with Crippen LogP contribution in [0.25, 0.3) is 0 Å². The fourth-order valence-corrected chi connectivity index (χ4v) is 0.612. The molecule has 0 N–H and O–H groups in total. The molecule has 3 unspecified atom stereocenters.